The summed E-state index contributed by atoms with van der Waals surface area (Å²) in [5.41, 5.74) is 3.47. The van der Waals surface area contributed by atoms with E-state index in [4.69, 9.17) is 0 Å². The summed E-state index contributed by atoms with van der Waals surface area (Å²) in [5.74, 6) is 0. The second kappa shape index (κ2) is 5.79. The zero-order chi connectivity index (χ0) is 17.5. The molecule has 0 aliphatic heterocycles. The van der Waals surface area contributed by atoms with E-state index < -0.39 is 10.0 Å². The smallest absolute Gasteiger partial charge is 0.261 e. The summed E-state index contributed by atoms with van der Waals surface area (Å²) in [5, 5.41) is 0.894. The molecule has 0 amide bonds. The molecule has 2 N–H and O–H groups in total. The van der Waals surface area contributed by atoms with Gasteiger partial charge >= 0.3 is 0 Å². The highest BCUT2D eigenvalue weighted by molar-refractivity contribution is 7.92. The quantitative estimate of drug-likeness (QED) is 0.767. The number of aromatic nitrogens is 1. The average Bonchev–Trinajstić information content (AvgIpc) is 2.49. The Hall–Kier alpha value is -2.60. The highest BCUT2D eigenvalue weighted by atomic mass is 32.2. The first-order valence-corrected chi connectivity index (χ1v) is 8.98. The second-order valence-corrected chi connectivity index (χ2v) is 7.63. The molecule has 6 heteroatoms. The van der Waals surface area contributed by atoms with E-state index >= 15 is 0 Å². The predicted octanol–water partition coefficient (Wildman–Crippen LogP) is 3.25. The normalized spacial score (nSPS) is 11.6. The predicted molar refractivity (Wildman–Crippen MR) is 96.0 cm³/mol. The van der Waals surface area contributed by atoms with Crippen LogP contribution in [-0.2, 0) is 10.0 Å². The summed E-state index contributed by atoms with van der Waals surface area (Å²) in [7, 11) is -3.68. The average molecular weight is 342 g/mol. The van der Waals surface area contributed by atoms with E-state index in [1.54, 1.807) is 30.3 Å². The molecule has 0 atom stereocenters. The van der Waals surface area contributed by atoms with Crippen molar-refractivity contribution in [2.45, 2.75) is 25.7 Å². The fourth-order valence-corrected chi connectivity index (χ4v) is 3.73. The maximum Gasteiger partial charge on any atom is 0.261 e. The van der Waals surface area contributed by atoms with Gasteiger partial charge in [0.05, 0.1) is 16.1 Å². The molecule has 0 fully saturated rings. The van der Waals surface area contributed by atoms with Crippen LogP contribution in [0.15, 0.2) is 52.2 Å². The molecule has 0 aliphatic carbocycles. The van der Waals surface area contributed by atoms with E-state index in [0.29, 0.717) is 11.2 Å². The van der Waals surface area contributed by atoms with E-state index in [1.807, 2.05) is 26.8 Å². The van der Waals surface area contributed by atoms with Crippen LogP contribution in [0.5, 0.6) is 0 Å². The van der Waals surface area contributed by atoms with Crippen LogP contribution in [0.1, 0.15) is 16.7 Å². The van der Waals surface area contributed by atoms with E-state index in [0.717, 1.165) is 22.1 Å². The minimum Gasteiger partial charge on any atom is -0.322 e. The van der Waals surface area contributed by atoms with Gasteiger partial charge in [-0.25, -0.2) is 8.42 Å². The monoisotopic (exact) mass is 342 g/mol. The van der Waals surface area contributed by atoms with Gasteiger partial charge in [-0.2, -0.15) is 0 Å². The number of sulfonamides is 1. The Labute approximate surface area is 140 Å². The van der Waals surface area contributed by atoms with Crippen molar-refractivity contribution in [1.82, 2.24) is 4.98 Å². The van der Waals surface area contributed by atoms with Gasteiger partial charge in [0.1, 0.15) is 0 Å². The summed E-state index contributed by atoms with van der Waals surface area (Å²) in [6.45, 7) is 5.58. The van der Waals surface area contributed by atoms with Gasteiger partial charge in [-0.05, 0) is 56.2 Å². The van der Waals surface area contributed by atoms with Crippen LogP contribution in [0.3, 0.4) is 0 Å². The number of H-pyrrole nitrogens is 1. The van der Waals surface area contributed by atoms with Crippen LogP contribution < -0.4 is 10.3 Å². The number of fused-ring (bicyclic) bond motifs is 1. The van der Waals surface area contributed by atoms with E-state index in [9.17, 15) is 13.2 Å². The van der Waals surface area contributed by atoms with Gasteiger partial charge in [0.25, 0.3) is 10.0 Å². The van der Waals surface area contributed by atoms with Gasteiger partial charge in [0.2, 0.25) is 5.56 Å². The number of anilines is 1. The van der Waals surface area contributed by atoms with E-state index in [1.165, 1.54) is 6.07 Å². The molecular formula is C18H18N2O3S. The third-order valence-corrected chi connectivity index (χ3v) is 5.35. The Bertz CT molecular complexity index is 1080. The lowest BCUT2D eigenvalue weighted by atomic mass is 10.1. The van der Waals surface area contributed by atoms with Crippen molar-refractivity contribution in [2.75, 3.05) is 4.72 Å². The zero-order valence-electron chi connectivity index (χ0n) is 13.7. The molecule has 0 saturated heterocycles. The number of benzene rings is 2. The van der Waals surface area contributed by atoms with Crippen molar-refractivity contribution in [2.24, 2.45) is 0 Å². The van der Waals surface area contributed by atoms with Crippen LogP contribution in [0.25, 0.3) is 10.9 Å². The highest BCUT2D eigenvalue weighted by Gasteiger charge is 2.16. The summed E-state index contributed by atoms with van der Waals surface area (Å²) >= 11 is 0. The van der Waals surface area contributed by atoms with Crippen molar-refractivity contribution in [3.05, 3.63) is 69.5 Å². The van der Waals surface area contributed by atoms with Crippen molar-refractivity contribution < 1.29 is 8.42 Å². The Morgan fingerprint density at radius 2 is 1.58 bits per heavy atom. The molecule has 0 bridgehead atoms. The minimum atomic E-state index is -3.68. The molecule has 3 rings (SSSR count). The van der Waals surface area contributed by atoms with Crippen LogP contribution in [-0.4, -0.2) is 13.4 Å². The molecule has 0 saturated carbocycles. The maximum atomic E-state index is 12.6. The van der Waals surface area contributed by atoms with E-state index in [-0.39, 0.29) is 10.5 Å². The Morgan fingerprint density at radius 1 is 0.917 bits per heavy atom. The van der Waals surface area contributed by atoms with E-state index in [2.05, 4.69) is 9.71 Å². The van der Waals surface area contributed by atoms with Gasteiger partial charge in [-0.15, -0.1) is 0 Å². The fourth-order valence-electron chi connectivity index (χ4n) is 2.61. The summed E-state index contributed by atoms with van der Waals surface area (Å²) in [6.07, 6.45) is 0. The zero-order valence-corrected chi connectivity index (χ0v) is 14.5. The van der Waals surface area contributed by atoms with Gasteiger partial charge in [0.15, 0.2) is 0 Å². The second-order valence-electron chi connectivity index (χ2n) is 5.95. The van der Waals surface area contributed by atoms with Crippen molar-refractivity contribution in [1.29, 1.82) is 0 Å². The van der Waals surface area contributed by atoms with Crippen molar-refractivity contribution >= 4 is 26.6 Å². The number of hydrogen-bond acceptors (Lipinski definition) is 3. The first-order chi connectivity index (χ1) is 11.3. The lowest BCUT2D eigenvalue weighted by Gasteiger charge is -2.13. The first kappa shape index (κ1) is 16.3. The molecule has 2 aromatic carbocycles. The number of pyridine rings is 1. The molecule has 1 heterocycles. The molecule has 0 radical (unpaired) electrons. The lowest BCUT2D eigenvalue weighted by molar-refractivity contribution is 0.601. The van der Waals surface area contributed by atoms with Crippen LogP contribution >= 0.6 is 0 Å². The maximum absolute atomic E-state index is 12.6. The molecule has 0 aliphatic rings. The number of aromatic amines is 1. The van der Waals surface area contributed by atoms with Crippen LogP contribution in [0.4, 0.5) is 5.69 Å². The van der Waals surface area contributed by atoms with Crippen LogP contribution in [0.2, 0.25) is 0 Å². The van der Waals surface area contributed by atoms with Gasteiger partial charge in [-0.3, -0.25) is 9.52 Å². The molecule has 0 spiro atoms. The Morgan fingerprint density at radius 3 is 2.25 bits per heavy atom. The van der Waals surface area contributed by atoms with Gasteiger partial charge in [0, 0.05) is 11.5 Å². The lowest BCUT2D eigenvalue weighted by Crippen LogP contribution is -2.14. The van der Waals surface area contributed by atoms with Gasteiger partial charge in [-0.1, -0.05) is 17.7 Å². The highest BCUT2D eigenvalue weighted by Crippen LogP contribution is 2.26. The fraction of sp³-hybridized carbons (Fsp3) is 0.167. The molecule has 1 aromatic heterocycles. The SMILES string of the molecule is Cc1ccc(S(=O)(=O)Nc2cc3[nH]c(=O)cc(C)c3cc2C)cc1. The number of hydrogen-bond donors (Lipinski definition) is 2. The van der Waals surface area contributed by atoms with Gasteiger partial charge < -0.3 is 4.98 Å². The molecule has 0 unspecified atom stereocenters. The third-order valence-electron chi connectivity index (χ3n) is 3.97. The Balaban J connectivity index is 2.08. The number of nitrogens with one attached hydrogen (secondary N) is 2. The van der Waals surface area contributed by atoms with Crippen LogP contribution in [0, 0.1) is 20.8 Å². The summed E-state index contributed by atoms with van der Waals surface area (Å²) < 4.78 is 27.7. The molecule has 24 heavy (non-hydrogen) atoms. The summed E-state index contributed by atoms with van der Waals surface area (Å²) in [6, 6.07) is 11.7. The summed E-state index contributed by atoms with van der Waals surface area (Å²) in [4.78, 5) is 14.6. The molecule has 124 valence electrons. The molecule has 5 nitrogen and oxygen atoms in total. The molecule has 3 aromatic rings. The third kappa shape index (κ3) is 3.05. The Kier molecular flexibility index (Phi) is 3.93. The number of rotatable bonds is 3. The number of aryl methyl sites for hydroxylation is 3. The first-order valence-electron chi connectivity index (χ1n) is 7.50. The molecular weight excluding hydrogens is 324 g/mol. The van der Waals surface area contributed by atoms with Crippen molar-refractivity contribution in [3.63, 3.8) is 0 Å². The standard InChI is InChI=1S/C18H18N2O3S/c1-11-4-6-14(7-5-11)24(22,23)20-16-10-17-15(8-13(16)3)12(2)9-18(21)19-17/h4-10,20H,1-3H3,(H,19,21). The van der Waals surface area contributed by atoms with Crippen molar-refractivity contribution in [3.8, 4) is 0 Å². The minimum absolute atomic E-state index is 0.199. The largest absolute Gasteiger partial charge is 0.322 e. The topological polar surface area (TPSA) is 79.0 Å².